The molecule has 78 valence electrons. The summed E-state index contributed by atoms with van der Waals surface area (Å²) in [4.78, 5) is 0. The number of rotatable bonds is 1. The highest BCUT2D eigenvalue weighted by Gasteiger charge is 2.12. The fourth-order valence-corrected chi connectivity index (χ4v) is 2.25. The van der Waals surface area contributed by atoms with Crippen LogP contribution in [0.1, 0.15) is 0 Å². The molecule has 2 rings (SSSR count). The normalized spacial score (nSPS) is 10.6. The molecule has 2 aromatic rings. The molecule has 6 heteroatoms. The molecular formula is C9H6Cl2IN3. The van der Waals surface area contributed by atoms with E-state index in [0.717, 1.165) is 14.8 Å². The van der Waals surface area contributed by atoms with Crippen LogP contribution in [0.15, 0.2) is 18.2 Å². The minimum absolute atomic E-state index is 0.469. The Hall–Kier alpha value is -0.460. The first-order valence-electron chi connectivity index (χ1n) is 4.04. The maximum Gasteiger partial charge on any atom is 0.159 e. The van der Waals surface area contributed by atoms with Gasteiger partial charge < -0.3 is 5.73 Å². The van der Waals surface area contributed by atoms with Crippen LogP contribution in [-0.2, 0) is 0 Å². The van der Waals surface area contributed by atoms with E-state index < -0.39 is 0 Å². The fraction of sp³-hybridized carbons (Fsp3) is 0. The van der Waals surface area contributed by atoms with Gasteiger partial charge in [0.2, 0.25) is 0 Å². The van der Waals surface area contributed by atoms with Crippen molar-refractivity contribution in [2.45, 2.75) is 0 Å². The molecule has 1 aromatic heterocycles. The Morgan fingerprint density at radius 1 is 1.33 bits per heavy atom. The molecule has 0 spiro atoms. The predicted octanol–water partition coefficient (Wildman–Crippen LogP) is 3.57. The molecule has 0 amide bonds. The number of aromatic amines is 1. The molecule has 0 fully saturated rings. The van der Waals surface area contributed by atoms with Crippen LogP contribution in [0, 0.1) is 3.57 Å². The maximum absolute atomic E-state index is 6.07. The first-order valence-corrected chi connectivity index (χ1v) is 5.88. The average Bonchev–Trinajstić information content (AvgIpc) is 2.49. The SMILES string of the molecule is Nc1n[nH]c(-c2ccc(Cl)cc2Cl)c1I. The summed E-state index contributed by atoms with van der Waals surface area (Å²) < 4.78 is 0.858. The summed E-state index contributed by atoms with van der Waals surface area (Å²) in [5.74, 6) is 0.469. The van der Waals surface area contributed by atoms with Crippen molar-refractivity contribution in [1.82, 2.24) is 10.2 Å². The number of aromatic nitrogens is 2. The Kier molecular flexibility index (Phi) is 3.08. The summed E-state index contributed by atoms with van der Waals surface area (Å²) in [7, 11) is 0. The molecular weight excluding hydrogens is 348 g/mol. The zero-order chi connectivity index (χ0) is 11.0. The Morgan fingerprint density at radius 2 is 2.07 bits per heavy atom. The number of halogens is 3. The highest BCUT2D eigenvalue weighted by atomic mass is 127. The number of nitrogens with zero attached hydrogens (tertiary/aromatic N) is 1. The molecule has 3 nitrogen and oxygen atoms in total. The van der Waals surface area contributed by atoms with Gasteiger partial charge in [-0.25, -0.2) is 0 Å². The fourth-order valence-electron chi connectivity index (χ4n) is 1.21. The van der Waals surface area contributed by atoms with Gasteiger partial charge in [0.05, 0.1) is 14.3 Å². The molecule has 0 aliphatic heterocycles. The number of nitrogen functional groups attached to an aromatic ring is 1. The highest BCUT2D eigenvalue weighted by Crippen LogP contribution is 2.33. The van der Waals surface area contributed by atoms with Crippen molar-refractivity contribution in [3.8, 4) is 11.3 Å². The van der Waals surface area contributed by atoms with Gasteiger partial charge >= 0.3 is 0 Å². The number of nitrogens with one attached hydrogen (secondary N) is 1. The van der Waals surface area contributed by atoms with Crippen molar-refractivity contribution in [3.05, 3.63) is 31.8 Å². The first kappa shape index (κ1) is 11.0. The third-order valence-electron chi connectivity index (χ3n) is 1.93. The van der Waals surface area contributed by atoms with Crippen LogP contribution < -0.4 is 5.73 Å². The lowest BCUT2D eigenvalue weighted by molar-refractivity contribution is 1.10. The summed E-state index contributed by atoms with van der Waals surface area (Å²) in [6, 6.07) is 5.29. The molecule has 0 saturated heterocycles. The van der Waals surface area contributed by atoms with Gasteiger partial charge in [-0.2, -0.15) is 5.10 Å². The van der Waals surface area contributed by atoms with Crippen LogP contribution in [0.3, 0.4) is 0 Å². The Labute approximate surface area is 110 Å². The molecule has 0 atom stereocenters. The van der Waals surface area contributed by atoms with Crippen molar-refractivity contribution in [2.75, 3.05) is 5.73 Å². The minimum atomic E-state index is 0.469. The van der Waals surface area contributed by atoms with E-state index in [1.165, 1.54) is 0 Å². The van der Waals surface area contributed by atoms with Gasteiger partial charge in [-0.05, 0) is 40.8 Å². The highest BCUT2D eigenvalue weighted by molar-refractivity contribution is 14.1. The number of hydrogen-bond acceptors (Lipinski definition) is 2. The largest absolute Gasteiger partial charge is 0.381 e. The number of benzene rings is 1. The van der Waals surface area contributed by atoms with E-state index in [4.69, 9.17) is 28.9 Å². The van der Waals surface area contributed by atoms with Crippen LogP contribution in [0.25, 0.3) is 11.3 Å². The third kappa shape index (κ3) is 2.07. The second-order valence-corrected chi connectivity index (χ2v) is 4.84. The van der Waals surface area contributed by atoms with Crippen molar-refractivity contribution < 1.29 is 0 Å². The Morgan fingerprint density at radius 3 is 2.60 bits per heavy atom. The Balaban J connectivity index is 2.59. The van der Waals surface area contributed by atoms with Crippen LogP contribution >= 0.6 is 45.8 Å². The molecule has 15 heavy (non-hydrogen) atoms. The minimum Gasteiger partial charge on any atom is -0.381 e. The van der Waals surface area contributed by atoms with E-state index in [1.807, 2.05) is 6.07 Å². The molecule has 0 saturated carbocycles. The van der Waals surface area contributed by atoms with E-state index in [9.17, 15) is 0 Å². The van der Waals surface area contributed by atoms with Crippen LogP contribution in [0.2, 0.25) is 10.0 Å². The summed E-state index contributed by atoms with van der Waals surface area (Å²) in [5.41, 5.74) is 7.30. The van der Waals surface area contributed by atoms with Gasteiger partial charge in [0.25, 0.3) is 0 Å². The maximum atomic E-state index is 6.07. The number of anilines is 1. The lowest BCUT2D eigenvalue weighted by Crippen LogP contribution is -1.86. The average molecular weight is 354 g/mol. The molecule has 1 heterocycles. The van der Waals surface area contributed by atoms with Crippen molar-refractivity contribution in [1.29, 1.82) is 0 Å². The second-order valence-electron chi connectivity index (χ2n) is 2.92. The lowest BCUT2D eigenvalue weighted by Gasteiger charge is -2.02. The Bertz CT molecular complexity index is 510. The van der Waals surface area contributed by atoms with Crippen LogP contribution in [0.4, 0.5) is 5.82 Å². The molecule has 3 N–H and O–H groups in total. The van der Waals surface area contributed by atoms with Crippen molar-refractivity contribution in [2.24, 2.45) is 0 Å². The molecule has 1 aromatic carbocycles. The third-order valence-corrected chi connectivity index (χ3v) is 3.57. The van der Waals surface area contributed by atoms with E-state index in [-0.39, 0.29) is 0 Å². The van der Waals surface area contributed by atoms with Crippen molar-refractivity contribution in [3.63, 3.8) is 0 Å². The number of H-pyrrole nitrogens is 1. The molecule has 0 unspecified atom stereocenters. The zero-order valence-corrected chi connectivity index (χ0v) is 11.1. The number of hydrogen-bond donors (Lipinski definition) is 2. The smallest absolute Gasteiger partial charge is 0.159 e. The topological polar surface area (TPSA) is 54.7 Å². The van der Waals surface area contributed by atoms with E-state index in [0.29, 0.717) is 15.9 Å². The first-order chi connectivity index (χ1) is 7.09. The van der Waals surface area contributed by atoms with Crippen LogP contribution in [-0.4, -0.2) is 10.2 Å². The monoisotopic (exact) mass is 353 g/mol. The van der Waals surface area contributed by atoms with Crippen molar-refractivity contribution >= 4 is 51.6 Å². The van der Waals surface area contributed by atoms with Gasteiger partial charge in [0, 0.05) is 10.6 Å². The molecule has 0 aliphatic rings. The van der Waals surface area contributed by atoms with Gasteiger partial charge in [0.1, 0.15) is 0 Å². The quantitative estimate of drug-likeness (QED) is 0.770. The zero-order valence-electron chi connectivity index (χ0n) is 7.39. The summed E-state index contributed by atoms with van der Waals surface area (Å²) in [6.07, 6.45) is 0. The molecule has 0 radical (unpaired) electrons. The second kappa shape index (κ2) is 4.19. The lowest BCUT2D eigenvalue weighted by atomic mass is 10.1. The summed E-state index contributed by atoms with van der Waals surface area (Å²) >= 11 is 14.0. The predicted molar refractivity (Wildman–Crippen MR) is 71.2 cm³/mol. The van der Waals surface area contributed by atoms with E-state index in [2.05, 4.69) is 32.8 Å². The van der Waals surface area contributed by atoms with Crippen LogP contribution in [0.5, 0.6) is 0 Å². The van der Waals surface area contributed by atoms with Gasteiger partial charge in [-0.1, -0.05) is 23.2 Å². The summed E-state index contributed by atoms with van der Waals surface area (Å²) in [6.45, 7) is 0. The molecule has 0 aliphatic carbocycles. The number of nitrogens with two attached hydrogens (primary N) is 1. The van der Waals surface area contributed by atoms with E-state index in [1.54, 1.807) is 12.1 Å². The van der Waals surface area contributed by atoms with Gasteiger partial charge in [-0.15, -0.1) is 0 Å². The van der Waals surface area contributed by atoms with Gasteiger partial charge in [0.15, 0.2) is 5.82 Å². The van der Waals surface area contributed by atoms with E-state index >= 15 is 0 Å². The standard InChI is InChI=1S/C9H6Cl2IN3/c10-4-1-2-5(6(11)3-4)8-7(12)9(13)15-14-8/h1-3H,(H3,13,14,15). The van der Waals surface area contributed by atoms with Gasteiger partial charge in [-0.3, -0.25) is 5.10 Å². The summed E-state index contributed by atoms with van der Waals surface area (Å²) in [5, 5.41) is 7.93. The molecule has 0 bridgehead atoms.